The monoisotopic (exact) mass is 208 g/mol. The number of nitrogens with two attached hydrogens (primary N) is 1. The van der Waals surface area contributed by atoms with Crippen LogP contribution in [0.2, 0.25) is 0 Å². The molecule has 0 saturated heterocycles. The summed E-state index contributed by atoms with van der Waals surface area (Å²) in [5.41, 5.74) is 6.73. The zero-order valence-corrected chi connectivity index (χ0v) is 9.09. The summed E-state index contributed by atoms with van der Waals surface area (Å²) in [7, 11) is 0. The van der Waals surface area contributed by atoms with Gasteiger partial charge in [-0.15, -0.1) is 0 Å². The van der Waals surface area contributed by atoms with E-state index in [2.05, 4.69) is 11.1 Å². The van der Waals surface area contributed by atoms with E-state index < -0.39 is 0 Å². The Bertz CT molecular complexity index is 295. The van der Waals surface area contributed by atoms with Crippen LogP contribution in [0, 0.1) is 0 Å². The minimum Gasteiger partial charge on any atom is -0.384 e. The van der Waals surface area contributed by atoms with E-state index >= 15 is 0 Å². The maximum Gasteiger partial charge on any atom is 0.123 e. The zero-order valence-electron chi connectivity index (χ0n) is 8.28. The highest BCUT2D eigenvalue weighted by Gasteiger charge is 2.15. The molecule has 0 aromatic carbocycles. The average Bonchev–Trinajstić information content (AvgIpc) is 2.67. The summed E-state index contributed by atoms with van der Waals surface area (Å²) in [6.45, 7) is 0. The number of rotatable bonds is 3. The highest BCUT2D eigenvalue weighted by atomic mass is 32.2. The first kappa shape index (κ1) is 9.84. The molecule has 0 radical (unpaired) electrons. The fraction of sp³-hybridized carbons (Fsp3) is 0.545. The predicted octanol–water partition coefficient (Wildman–Crippen LogP) is 2.84. The number of nitrogens with zero attached hydrogens (tertiary/aromatic N) is 1. The Balaban J connectivity index is 1.85. The maximum atomic E-state index is 5.62. The molecule has 0 bridgehead atoms. The number of hydrogen-bond acceptors (Lipinski definition) is 3. The molecule has 1 aromatic rings. The largest absolute Gasteiger partial charge is 0.384 e. The van der Waals surface area contributed by atoms with Gasteiger partial charge in [-0.25, -0.2) is 4.98 Å². The molecule has 76 valence electrons. The van der Waals surface area contributed by atoms with Gasteiger partial charge in [0, 0.05) is 11.0 Å². The molecule has 1 aliphatic rings. The first-order chi connectivity index (χ1) is 6.84. The lowest BCUT2D eigenvalue weighted by molar-refractivity contribution is 0.886. The summed E-state index contributed by atoms with van der Waals surface area (Å²) in [5.74, 6) is 1.64. The zero-order chi connectivity index (χ0) is 9.80. The van der Waals surface area contributed by atoms with Crippen molar-refractivity contribution in [1.29, 1.82) is 0 Å². The number of anilines is 1. The Kier molecular flexibility index (Phi) is 3.30. The van der Waals surface area contributed by atoms with Gasteiger partial charge in [-0.2, -0.15) is 11.8 Å². The fourth-order valence-corrected chi connectivity index (χ4v) is 3.07. The van der Waals surface area contributed by atoms with Gasteiger partial charge < -0.3 is 5.73 Å². The first-order valence-electron chi connectivity index (χ1n) is 5.17. The van der Waals surface area contributed by atoms with Crippen LogP contribution in [0.25, 0.3) is 0 Å². The van der Waals surface area contributed by atoms with Crippen LogP contribution in [0.3, 0.4) is 0 Å². The molecule has 2 nitrogen and oxygen atoms in total. The van der Waals surface area contributed by atoms with Gasteiger partial charge in [0.05, 0.1) is 5.69 Å². The average molecular weight is 208 g/mol. The van der Waals surface area contributed by atoms with E-state index in [1.165, 1.54) is 25.7 Å². The number of thioether (sulfide) groups is 1. The van der Waals surface area contributed by atoms with Crippen molar-refractivity contribution < 1.29 is 0 Å². The van der Waals surface area contributed by atoms with Gasteiger partial charge in [0.2, 0.25) is 0 Å². The van der Waals surface area contributed by atoms with Crippen molar-refractivity contribution >= 4 is 17.6 Å². The topological polar surface area (TPSA) is 38.9 Å². The molecule has 1 saturated carbocycles. The molecular weight excluding hydrogens is 192 g/mol. The van der Waals surface area contributed by atoms with Crippen molar-refractivity contribution in [3.8, 4) is 0 Å². The molecule has 3 heteroatoms. The lowest BCUT2D eigenvalue weighted by Crippen LogP contribution is -1.98. The van der Waals surface area contributed by atoms with Gasteiger partial charge in [-0.1, -0.05) is 18.9 Å². The van der Waals surface area contributed by atoms with E-state index in [-0.39, 0.29) is 0 Å². The van der Waals surface area contributed by atoms with E-state index in [9.17, 15) is 0 Å². The van der Waals surface area contributed by atoms with Crippen LogP contribution in [0.15, 0.2) is 18.2 Å². The van der Waals surface area contributed by atoms with Gasteiger partial charge in [-0.05, 0) is 25.0 Å². The maximum absolute atomic E-state index is 5.62. The fourth-order valence-electron chi connectivity index (χ4n) is 1.84. The van der Waals surface area contributed by atoms with Crippen LogP contribution >= 0.6 is 11.8 Å². The Morgan fingerprint density at radius 1 is 1.36 bits per heavy atom. The van der Waals surface area contributed by atoms with Crippen LogP contribution in [0.1, 0.15) is 31.4 Å². The van der Waals surface area contributed by atoms with Gasteiger partial charge in [-0.3, -0.25) is 0 Å². The van der Waals surface area contributed by atoms with Crippen LogP contribution < -0.4 is 5.73 Å². The molecule has 1 aliphatic carbocycles. The van der Waals surface area contributed by atoms with E-state index in [4.69, 9.17) is 5.73 Å². The Hall–Kier alpha value is -0.700. The molecule has 2 N–H and O–H groups in total. The predicted molar refractivity (Wildman–Crippen MR) is 62.2 cm³/mol. The molecule has 14 heavy (non-hydrogen) atoms. The lowest BCUT2D eigenvalue weighted by Gasteiger charge is -2.07. The Morgan fingerprint density at radius 2 is 2.14 bits per heavy atom. The standard InChI is InChI=1S/C11H16N2S/c12-11-7-3-4-9(13-11)8-14-10-5-1-2-6-10/h3-4,7,10H,1-2,5-6,8H2,(H2,12,13). The summed E-state index contributed by atoms with van der Waals surface area (Å²) in [6, 6.07) is 5.87. The van der Waals surface area contributed by atoms with Crippen molar-refractivity contribution in [1.82, 2.24) is 4.98 Å². The van der Waals surface area contributed by atoms with Crippen molar-refractivity contribution in [2.45, 2.75) is 36.7 Å². The second kappa shape index (κ2) is 4.69. The second-order valence-electron chi connectivity index (χ2n) is 3.77. The Morgan fingerprint density at radius 3 is 2.86 bits per heavy atom. The molecule has 0 unspecified atom stereocenters. The number of pyridine rings is 1. The number of hydrogen-bond donors (Lipinski definition) is 1. The first-order valence-corrected chi connectivity index (χ1v) is 6.22. The molecule has 0 atom stereocenters. The summed E-state index contributed by atoms with van der Waals surface area (Å²) < 4.78 is 0. The summed E-state index contributed by atoms with van der Waals surface area (Å²) >= 11 is 2.03. The van der Waals surface area contributed by atoms with Crippen LogP contribution in [0.4, 0.5) is 5.82 Å². The molecule has 1 heterocycles. The highest BCUT2D eigenvalue weighted by molar-refractivity contribution is 7.99. The van der Waals surface area contributed by atoms with Crippen molar-refractivity contribution in [3.05, 3.63) is 23.9 Å². The normalized spacial score (nSPS) is 17.4. The highest BCUT2D eigenvalue weighted by Crippen LogP contribution is 2.31. The van der Waals surface area contributed by atoms with E-state index in [0.717, 1.165) is 16.7 Å². The SMILES string of the molecule is Nc1cccc(CSC2CCCC2)n1. The van der Waals surface area contributed by atoms with Gasteiger partial charge >= 0.3 is 0 Å². The minimum absolute atomic E-state index is 0.634. The number of nitrogen functional groups attached to an aromatic ring is 1. The summed E-state index contributed by atoms with van der Waals surface area (Å²) in [4.78, 5) is 4.29. The third-order valence-corrected chi connectivity index (χ3v) is 4.00. The van der Waals surface area contributed by atoms with Gasteiger partial charge in [0.1, 0.15) is 5.82 Å². The van der Waals surface area contributed by atoms with Crippen molar-refractivity contribution in [2.75, 3.05) is 5.73 Å². The van der Waals surface area contributed by atoms with E-state index in [0.29, 0.717) is 5.82 Å². The minimum atomic E-state index is 0.634. The quantitative estimate of drug-likeness (QED) is 0.830. The van der Waals surface area contributed by atoms with Crippen LogP contribution in [0.5, 0.6) is 0 Å². The van der Waals surface area contributed by atoms with E-state index in [1.807, 2.05) is 23.9 Å². The van der Waals surface area contributed by atoms with Crippen molar-refractivity contribution in [2.24, 2.45) is 0 Å². The van der Waals surface area contributed by atoms with Crippen LogP contribution in [-0.4, -0.2) is 10.2 Å². The lowest BCUT2D eigenvalue weighted by atomic mass is 10.4. The van der Waals surface area contributed by atoms with Gasteiger partial charge in [0.25, 0.3) is 0 Å². The molecule has 2 rings (SSSR count). The smallest absolute Gasteiger partial charge is 0.123 e. The van der Waals surface area contributed by atoms with Crippen LogP contribution in [-0.2, 0) is 5.75 Å². The van der Waals surface area contributed by atoms with Gasteiger partial charge in [0.15, 0.2) is 0 Å². The molecule has 0 spiro atoms. The third-order valence-electron chi connectivity index (χ3n) is 2.60. The second-order valence-corrected chi connectivity index (χ2v) is 5.06. The van der Waals surface area contributed by atoms with Crippen molar-refractivity contribution in [3.63, 3.8) is 0 Å². The molecular formula is C11H16N2S. The third kappa shape index (κ3) is 2.64. The molecule has 1 aromatic heterocycles. The summed E-state index contributed by atoms with van der Waals surface area (Å²) in [5, 5.41) is 0.859. The molecule has 1 fully saturated rings. The molecule has 0 aliphatic heterocycles. The number of aromatic nitrogens is 1. The van der Waals surface area contributed by atoms with E-state index in [1.54, 1.807) is 0 Å². The molecule has 0 amide bonds. The summed E-state index contributed by atoms with van der Waals surface area (Å²) in [6.07, 6.45) is 5.57. The Labute approximate surface area is 89.3 Å².